The topological polar surface area (TPSA) is 43.2 Å². The van der Waals surface area contributed by atoms with Crippen LogP contribution in [0.4, 0.5) is 5.95 Å². The third-order valence-corrected chi connectivity index (χ3v) is 6.58. The lowest BCUT2D eigenvalue weighted by molar-refractivity contribution is 0.121. The average molecular weight is 407 g/mol. The van der Waals surface area contributed by atoms with Gasteiger partial charge in [0.1, 0.15) is 0 Å². The first kappa shape index (κ1) is 20.6. The second kappa shape index (κ2) is 10.4. The van der Waals surface area contributed by atoms with Gasteiger partial charge in [-0.15, -0.1) is 22.0 Å². The Morgan fingerprint density at radius 3 is 2.52 bits per heavy atom. The molecule has 1 unspecified atom stereocenters. The van der Waals surface area contributed by atoms with Gasteiger partial charge in [0.2, 0.25) is 5.95 Å². The van der Waals surface area contributed by atoms with Crippen molar-refractivity contribution in [2.75, 3.05) is 37.0 Å². The van der Waals surface area contributed by atoms with Crippen molar-refractivity contribution < 1.29 is 4.74 Å². The minimum absolute atomic E-state index is 0.508. The highest BCUT2D eigenvalue weighted by molar-refractivity contribution is 8.00. The minimum Gasteiger partial charge on any atom is -0.378 e. The summed E-state index contributed by atoms with van der Waals surface area (Å²) in [6.07, 6.45) is 1.14. The van der Waals surface area contributed by atoms with Crippen molar-refractivity contribution in [3.63, 3.8) is 0 Å². The van der Waals surface area contributed by atoms with Crippen LogP contribution in [-0.4, -0.2) is 52.1 Å². The third-order valence-electron chi connectivity index (χ3n) is 4.38. The molecule has 2 aromatic rings. The van der Waals surface area contributed by atoms with E-state index in [0.29, 0.717) is 11.2 Å². The Morgan fingerprint density at radius 1 is 1.07 bits per heavy atom. The quantitative estimate of drug-likeness (QED) is 0.574. The molecule has 0 N–H and O–H groups in total. The number of aromatic nitrogens is 3. The van der Waals surface area contributed by atoms with Gasteiger partial charge < -0.3 is 9.64 Å². The van der Waals surface area contributed by atoms with Crippen molar-refractivity contribution in [1.82, 2.24) is 14.8 Å². The second-order valence-electron chi connectivity index (χ2n) is 7.27. The number of nitrogens with zero attached hydrogens (tertiary/aromatic N) is 4. The molecule has 0 amide bonds. The zero-order chi connectivity index (χ0) is 19.1. The first-order valence-electron chi connectivity index (χ1n) is 9.74. The predicted octanol–water partition coefficient (Wildman–Crippen LogP) is 4.43. The molecule has 1 aliphatic heterocycles. The van der Waals surface area contributed by atoms with E-state index >= 15 is 0 Å². The Bertz CT molecular complexity index is 687. The standard InChI is InChI=1S/C20H30N4OS2/c1-16(2)15-24-19(23-10-12-25-13-11-23)21-22-20(24)27-17(3)9-14-26-18-7-5-4-6-8-18/h4-8,16-17H,9-15H2,1-3H3. The lowest BCUT2D eigenvalue weighted by atomic mass is 10.2. The van der Waals surface area contributed by atoms with Crippen molar-refractivity contribution in [1.29, 1.82) is 0 Å². The van der Waals surface area contributed by atoms with Crippen LogP contribution in [-0.2, 0) is 11.3 Å². The van der Waals surface area contributed by atoms with E-state index in [0.717, 1.165) is 56.1 Å². The van der Waals surface area contributed by atoms with Crippen molar-refractivity contribution >= 4 is 29.5 Å². The van der Waals surface area contributed by atoms with Crippen molar-refractivity contribution in [3.05, 3.63) is 30.3 Å². The van der Waals surface area contributed by atoms with Crippen molar-refractivity contribution in [2.24, 2.45) is 5.92 Å². The molecule has 27 heavy (non-hydrogen) atoms. The molecular weight excluding hydrogens is 376 g/mol. The van der Waals surface area contributed by atoms with Gasteiger partial charge in [-0.3, -0.25) is 4.57 Å². The van der Waals surface area contributed by atoms with E-state index in [4.69, 9.17) is 4.74 Å². The monoisotopic (exact) mass is 406 g/mol. The van der Waals surface area contributed by atoms with E-state index < -0.39 is 0 Å². The van der Waals surface area contributed by atoms with Gasteiger partial charge in [0.05, 0.1) is 13.2 Å². The second-order valence-corrected chi connectivity index (χ2v) is 9.84. The van der Waals surface area contributed by atoms with E-state index in [2.05, 4.69) is 70.8 Å². The van der Waals surface area contributed by atoms with E-state index in [-0.39, 0.29) is 0 Å². The lowest BCUT2D eigenvalue weighted by Crippen LogP contribution is -2.38. The highest BCUT2D eigenvalue weighted by atomic mass is 32.2. The number of morpholine rings is 1. The van der Waals surface area contributed by atoms with Crippen LogP contribution in [0.2, 0.25) is 0 Å². The average Bonchev–Trinajstić information content (AvgIpc) is 3.05. The molecule has 0 aliphatic carbocycles. The molecule has 1 fully saturated rings. The van der Waals surface area contributed by atoms with Crippen LogP contribution in [0.1, 0.15) is 27.2 Å². The Labute approximate surface area is 171 Å². The molecule has 0 saturated carbocycles. The summed E-state index contributed by atoms with van der Waals surface area (Å²) >= 11 is 3.77. The summed E-state index contributed by atoms with van der Waals surface area (Å²) in [4.78, 5) is 3.64. The molecule has 0 spiro atoms. The fourth-order valence-corrected chi connectivity index (χ4v) is 5.16. The minimum atomic E-state index is 0.508. The zero-order valence-corrected chi connectivity index (χ0v) is 18.1. The van der Waals surface area contributed by atoms with Crippen LogP contribution in [0.25, 0.3) is 0 Å². The van der Waals surface area contributed by atoms with Gasteiger partial charge in [-0.2, -0.15) is 0 Å². The van der Waals surface area contributed by atoms with E-state index in [1.807, 2.05) is 23.5 Å². The summed E-state index contributed by atoms with van der Waals surface area (Å²) < 4.78 is 7.79. The van der Waals surface area contributed by atoms with Crippen LogP contribution < -0.4 is 4.90 Å². The predicted molar refractivity (Wildman–Crippen MR) is 115 cm³/mol. The summed E-state index contributed by atoms with van der Waals surface area (Å²) in [5.41, 5.74) is 0. The Hall–Kier alpha value is -1.18. The van der Waals surface area contributed by atoms with Gasteiger partial charge >= 0.3 is 0 Å². The van der Waals surface area contributed by atoms with Crippen molar-refractivity contribution in [3.8, 4) is 0 Å². The molecular formula is C20H30N4OS2. The zero-order valence-electron chi connectivity index (χ0n) is 16.5. The fraction of sp³-hybridized carbons (Fsp3) is 0.600. The highest BCUT2D eigenvalue weighted by Gasteiger charge is 2.22. The first-order chi connectivity index (χ1) is 13.1. The summed E-state index contributed by atoms with van der Waals surface area (Å²) in [6.45, 7) is 11.1. The summed E-state index contributed by atoms with van der Waals surface area (Å²) in [7, 11) is 0. The SMILES string of the molecule is CC(C)Cn1c(SC(C)CCSc2ccccc2)nnc1N1CCOCC1. The smallest absolute Gasteiger partial charge is 0.228 e. The third kappa shape index (κ3) is 6.16. The number of hydrogen-bond donors (Lipinski definition) is 0. The number of rotatable bonds is 9. The normalized spacial score (nSPS) is 16.1. The summed E-state index contributed by atoms with van der Waals surface area (Å²) in [5.74, 6) is 2.68. The van der Waals surface area contributed by atoms with Gasteiger partial charge in [-0.05, 0) is 30.2 Å². The maximum Gasteiger partial charge on any atom is 0.228 e. The van der Waals surface area contributed by atoms with Crippen LogP contribution >= 0.6 is 23.5 Å². The van der Waals surface area contributed by atoms with Gasteiger partial charge in [0.15, 0.2) is 5.16 Å². The Balaban J connectivity index is 1.60. The van der Waals surface area contributed by atoms with Crippen LogP contribution in [0.15, 0.2) is 40.4 Å². The molecule has 0 radical (unpaired) electrons. The van der Waals surface area contributed by atoms with Crippen LogP contribution in [0.5, 0.6) is 0 Å². The number of anilines is 1. The number of thioether (sulfide) groups is 2. The summed E-state index contributed by atoms with van der Waals surface area (Å²) in [5, 5.41) is 10.6. The molecule has 3 rings (SSSR count). The lowest BCUT2D eigenvalue weighted by Gasteiger charge is -2.28. The molecule has 5 nitrogen and oxygen atoms in total. The van der Waals surface area contributed by atoms with E-state index in [1.54, 1.807) is 0 Å². The van der Waals surface area contributed by atoms with Crippen LogP contribution in [0, 0.1) is 5.92 Å². The molecule has 2 heterocycles. The van der Waals surface area contributed by atoms with Gasteiger partial charge in [0.25, 0.3) is 0 Å². The Kier molecular flexibility index (Phi) is 7.91. The van der Waals surface area contributed by atoms with E-state index in [1.165, 1.54) is 4.90 Å². The molecule has 0 bridgehead atoms. The fourth-order valence-electron chi connectivity index (χ4n) is 2.99. The maximum absolute atomic E-state index is 5.49. The molecule has 1 saturated heterocycles. The number of benzene rings is 1. The number of hydrogen-bond acceptors (Lipinski definition) is 6. The molecule has 1 aromatic carbocycles. The molecule has 148 valence electrons. The van der Waals surface area contributed by atoms with Gasteiger partial charge in [-0.1, -0.05) is 50.7 Å². The molecule has 1 atom stereocenters. The summed E-state index contributed by atoms with van der Waals surface area (Å²) in [6, 6.07) is 10.6. The maximum atomic E-state index is 5.49. The first-order valence-corrected chi connectivity index (χ1v) is 11.6. The molecule has 1 aromatic heterocycles. The largest absolute Gasteiger partial charge is 0.378 e. The highest BCUT2D eigenvalue weighted by Crippen LogP contribution is 2.30. The van der Waals surface area contributed by atoms with Gasteiger partial charge in [-0.25, -0.2) is 0 Å². The van der Waals surface area contributed by atoms with E-state index in [9.17, 15) is 0 Å². The Morgan fingerprint density at radius 2 is 1.81 bits per heavy atom. The van der Waals surface area contributed by atoms with Crippen LogP contribution in [0.3, 0.4) is 0 Å². The molecule has 1 aliphatic rings. The van der Waals surface area contributed by atoms with Crippen molar-refractivity contribution in [2.45, 2.75) is 49.0 Å². The number of ether oxygens (including phenoxy) is 1. The van der Waals surface area contributed by atoms with Gasteiger partial charge in [0, 0.05) is 29.8 Å². The molecule has 7 heteroatoms.